The first-order valence-electron chi connectivity index (χ1n) is 4.02. The number of hydrogen-bond donors (Lipinski definition) is 3. The molecule has 1 atom stereocenters. The molecule has 4 nitrogen and oxygen atoms in total. The molecule has 0 saturated heterocycles. The number of aliphatic imine (C=N–C) groups is 1. The van der Waals surface area contributed by atoms with Crippen molar-refractivity contribution in [2.24, 2.45) is 4.99 Å². The lowest BCUT2D eigenvalue weighted by atomic mass is 10.2. The van der Waals surface area contributed by atoms with Gasteiger partial charge in [-0.3, -0.25) is 4.99 Å². The van der Waals surface area contributed by atoms with Crippen molar-refractivity contribution < 1.29 is 5.11 Å². The number of nitrogens with one attached hydrogen (secondary N) is 2. The van der Waals surface area contributed by atoms with Crippen LogP contribution in [-0.2, 0) is 0 Å². The predicted octanol–water partition coefficient (Wildman–Crippen LogP) is -0.694. The Morgan fingerprint density at radius 1 is 1.82 bits per heavy atom. The van der Waals surface area contributed by atoms with E-state index in [0.29, 0.717) is 0 Å². The molecule has 0 saturated carbocycles. The zero-order valence-corrected chi connectivity index (χ0v) is 6.80. The van der Waals surface area contributed by atoms with E-state index in [1.54, 1.807) is 0 Å². The van der Waals surface area contributed by atoms with Crippen LogP contribution in [0.15, 0.2) is 4.99 Å². The smallest absolute Gasteiger partial charge is 0.191 e. The third kappa shape index (κ3) is 2.38. The SMILES string of the molecule is CCC(CO)NC1=NCCN1. The van der Waals surface area contributed by atoms with Crippen molar-refractivity contribution in [3.8, 4) is 0 Å². The highest BCUT2D eigenvalue weighted by molar-refractivity contribution is 5.81. The Morgan fingerprint density at radius 3 is 3.09 bits per heavy atom. The van der Waals surface area contributed by atoms with E-state index in [4.69, 9.17) is 5.11 Å². The third-order valence-electron chi connectivity index (χ3n) is 1.73. The summed E-state index contributed by atoms with van der Waals surface area (Å²) in [5, 5.41) is 15.0. The molecular weight excluding hydrogens is 142 g/mol. The van der Waals surface area contributed by atoms with Crippen molar-refractivity contribution >= 4 is 5.96 Å². The molecule has 1 heterocycles. The fourth-order valence-corrected chi connectivity index (χ4v) is 0.965. The summed E-state index contributed by atoms with van der Waals surface area (Å²) in [5.41, 5.74) is 0. The van der Waals surface area contributed by atoms with E-state index in [-0.39, 0.29) is 12.6 Å². The van der Waals surface area contributed by atoms with Crippen molar-refractivity contribution in [1.29, 1.82) is 0 Å². The molecule has 0 spiro atoms. The summed E-state index contributed by atoms with van der Waals surface area (Å²) < 4.78 is 0. The molecule has 0 radical (unpaired) electrons. The van der Waals surface area contributed by atoms with Crippen LogP contribution in [0, 0.1) is 0 Å². The second-order valence-corrected chi connectivity index (χ2v) is 2.59. The van der Waals surface area contributed by atoms with Gasteiger partial charge in [-0.15, -0.1) is 0 Å². The van der Waals surface area contributed by atoms with Crippen molar-refractivity contribution in [2.45, 2.75) is 19.4 Å². The van der Waals surface area contributed by atoms with Crippen LogP contribution in [-0.4, -0.2) is 36.8 Å². The van der Waals surface area contributed by atoms with E-state index < -0.39 is 0 Å². The van der Waals surface area contributed by atoms with E-state index in [2.05, 4.69) is 15.6 Å². The Morgan fingerprint density at radius 2 is 2.64 bits per heavy atom. The molecular formula is C7H15N3O. The van der Waals surface area contributed by atoms with Crippen LogP contribution >= 0.6 is 0 Å². The predicted molar refractivity (Wildman–Crippen MR) is 44.6 cm³/mol. The van der Waals surface area contributed by atoms with Gasteiger partial charge in [0, 0.05) is 6.54 Å². The maximum atomic E-state index is 8.84. The fraction of sp³-hybridized carbons (Fsp3) is 0.857. The van der Waals surface area contributed by atoms with E-state index in [1.807, 2.05) is 6.92 Å². The summed E-state index contributed by atoms with van der Waals surface area (Å²) in [7, 11) is 0. The van der Waals surface area contributed by atoms with Crippen molar-refractivity contribution in [1.82, 2.24) is 10.6 Å². The van der Waals surface area contributed by atoms with E-state index >= 15 is 0 Å². The normalized spacial score (nSPS) is 18.9. The molecule has 4 heteroatoms. The van der Waals surface area contributed by atoms with Crippen molar-refractivity contribution in [3.63, 3.8) is 0 Å². The molecule has 0 aromatic rings. The summed E-state index contributed by atoms with van der Waals surface area (Å²) in [6, 6.07) is 0.138. The molecule has 11 heavy (non-hydrogen) atoms. The maximum absolute atomic E-state index is 8.84. The first-order chi connectivity index (χ1) is 5.36. The van der Waals surface area contributed by atoms with E-state index in [1.165, 1.54) is 0 Å². The fourth-order valence-electron chi connectivity index (χ4n) is 0.965. The lowest BCUT2D eigenvalue weighted by molar-refractivity contribution is 0.252. The average molecular weight is 157 g/mol. The number of nitrogens with zero attached hydrogens (tertiary/aromatic N) is 1. The largest absolute Gasteiger partial charge is 0.394 e. The lowest BCUT2D eigenvalue weighted by Crippen LogP contribution is -2.42. The van der Waals surface area contributed by atoms with Crippen molar-refractivity contribution in [3.05, 3.63) is 0 Å². The molecule has 0 aliphatic carbocycles. The molecule has 0 fully saturated rings. The molecule has 1 aliphatic heterocycles. The Balaban J connectivity index is 2.27. The van der Waals surface area contributed by atoms with E-state index in [0.717, 1.165) is 25.5 Å². The topological polar surface area (TPSA) is 56.6 Å². The van der Waals surface area contributed by atoms with Crippen LogP contribution in [0.5, 0.6) is 0 Å². The van der Waals surface area contributed by atoms with E-state index in [9.17, 15) is 0 Å². The summed E-state index contributed by atoms with van der Waals surface area (Å²) in [6.45, 7) is 3.94. The van der Waals surface area contributed by atoms with Crippen LogP contribution in [0.1, 0.15) is 13.3 Å². The average Bonchev–Trinajstić information content (AvgIpc) is 2.52. The number of guanidine groups is 1. The highest BCUT2D eigenvalue weighted by Crippen LogP contribution is 1.90. The minimum atomic E-state index is 0.138. The standard InChI is InChI=1S/C7H15N3O/c1-2-6(5-11)10-7-8-3-4-9-7/h6,11H,2-5H2,1H3,(H2,8,9,10). The van der Waals surface area contributed by atoms with Gasteiger partial charge in [0.15, 0.2) is 5.96 Å². The van der Waals surface area contributed by atoms with Crippen LogP contribution < -0.4 is 10.6 Å². The second kappa shape index (κ2) is 4.18. The summed E-state index contributed by atoms with van der Waals surface area (Å²) >= 11 is 0. The zero-order valence-electron chi connectivity index (χ0n) is 6.80. The number of rotatable bonds is 3. The van der Waals surface area contributed by atoms with Crippen LogP contribution in [0.25, 0.3) is 0 Å². The number of aliphatic hydroxyl groups excluding tert-OH is 1. The van der Waals surface area contributed by atoms with Gasteiger partial charge < -0.3 is 15.7 Å². The molecule has 1 aliphatic rings. The highest BCUT2D eigenvalue weighted by Gasteiger charge is 2.09. The van der Waals surface area contributed by atoms with Crippen LogP contribution in [0.3, 0.4) is 0 Å². The number of hydrogen-bond acceptors (Lipinski definition) is 4. The van der Waals surface area contributed by atoms with Gasteiger partial charge >= 0.3 is 0 Å². The quantitative estimate of drug-likeness (QED) is 0.508. The van der Waals surface area contributed by atoms with Gasteiger partial charge in [-0.05, 0) is 6.42 Å². The Bertz CT molecular complexity index is 143. The maximum Gasteiger partial charge on any atom is 0.191 e. The molecule has 0 aromatic heterocycles. The Labute approximate surface area is 66.7 Å². The van der Waals surface area contributed by atoms with Gasteiger partial charge in [0.1, 0.15) is 0 Å². The van der Waals surface area contributed by atoms with Crippen LogP contribution in [0.2, 0.25) is 0 Å². The molecule has 1 unspecified atom stereocenters. The zero-order chi connectivity index (χ0) is 8.10. The first-order valence-corrected chi connectivity index (χ1v) is 4.02. The van der Waals surface area contributed by atoms with Gasteiger partial charge in [-0.25, -0.2) is 0 Å². The highest BCUT2D eigenvalue weighted by atomic mass is 16.3. The minimum absolute atomic E-state index is 0.138. The Kier molecular flexibility index (Phi) is 3.16. The van der Waals surface area contributed by atoms with Crippen LogP contribution in [0.4, 0.5) is 0 Å². The summed E-state index contributed by atoms with van der Waals surface area (Å²) in [4.78, 5) is 4.15. The summed E-state index contributed by atoms with van der Waals surface area (Å²) in [5.74, 6) is 0.825. The molecule has 0 aromatic carbocycles. The monoisotopic (exact) mass is 157 g/mol. The molecule has 1 rings (SSSR count). The number of aliphatic hydroxyl groups is 1. The van der Waals surface area contributed by atoms with Gasteiger partial charge in [0.25, 0.3) is 0 Å². The molecule has 64 valence electrons. The minimum Gasteiger partial charge on any atom is -0.394 e. The van der Waals surface area contributed by atoms with Gasteiger partial charge in [-0.2, -0.15) is 0 Å². The Hall–Kier alpha value is -0.770. The molecule has 0 amide bonds. The van der Waals surface area contributed by atoms with Crippen molar-refractivity contribution in [2.75, 3.05) is 19.7 Å². The molecule has 3 N–H and O–H groups in total. The summed E-state index contributed by atoms with van der Waals surface area (Å²) in [6.07, 6.45) is 0.914. The third-order valence-corrected chi connectivity index (χ3v) is 1.73. The lowest BCUT2D eigenvalue weighted by Gasteiger charge is -2.14. The second-order valence-electron chi connectivity index (χ2n) is 2.59. The van der Waals surface area contributed by atoms with Gasteiger partial charge in [-0.1, -0.05) is 6.92 Å². The molecule has 0 bridgehead atoms. The van der Waals surface area contributed by atoms with Gasteiger partial charge in [0.05, 0.1) is 19.2 Å². The first kappa shape index (κ1) is 8.33. The van der Waals surface area contributed by atoms with Gasteiger partial charge in [0.2, 0.25) is 0 Å².